The first-order chi connectivity index (χ1) is 12.5. The zero-order chi connectivity index (χ0) is 18.4. The van der Waals surface area contributed by atoms with Crippen LogP contribution in [0.15, 0.2) is 52.1 Å². The van der Waals surface area contributed by atoms with E-state index in [1.54, 1.807) is 16.8 Å². The van der Waals surface area contributed by atoms with Gasteiger partial charge in [0.1, 0.15) is 5.69 Å². The maximum Gasteiger partial charge on any atom is 0.252 e. The number of nitrogens with zero attached hydrogens (tertiary/aromatic N) is 3. The molecule has 4 rings (SSSR count). The number of hydrogen-bond acceptors (Lipinski definition) is 3. The summed E-state index contributed by atoms with van der Waals surface area (Å²) in [6.45, 7) is 2.77. The van der Waals surface area contributed by atoms with Gasteiger partial charge in [0.25, 0.3) is 5.52 Å². The van der Waals surface area contributed by atoms with Crippen molar-refractivity contribution in [3.8, 4) is 0 Å². The molecule has 4 N–H and O–H groups in total. The molecule has 1 aliphatic carbocycles. The van der Waals surface area contributed by atoms with Gasteiger partial charge in [0.15, 0.2) is 0 Å². The van der Waals surface area contributed by atoms with Crippen molar-refractivity contribution in [1.29, 1.82) is 5.41 Å². The van der Waals surface area contributed by atoms with E-state index in [9.17, 15) is 5.21 Å². The Labute approximate surface area is 160 Å². The van der Waals surface area contributed by atoms with Crippen LogP contribution >= 0.6 is 23.2 Å². The Balaban J connectivity index is 2.05. The zero-order valence-electron chi connectivity index (χ0n) is 14.0. The monoisotopic (exact) mass is 390 g/mol. The van der Waals surface area contributed by atoms with Crippen LogP contribution in [0.5, 0.6) is 0 Å². The Bertz CT molecular complexity index is 994. The van der Waals surface area contributed by atoms with Gasteiger partial charge in [-0.05, 0) is 18.2 Å². The van der Waals surface area contributed by atoms with E-state index in [1.165, 1.54) is 0 Å². The largest absolute Gasteiger partial charge is 0.595 e. The second-order valence-corrected chi connectivity index (χ2v) is 7.08. The Morgan fingerprint density at radius 2 is 1.85 bits per heavy atom. The first kappa shape index (κ1) is 17.1. The maximum atomic E-state index is 12.8. The molecule has 0 fully saturated rings. The predicted octanol–water partition coefficient (Wildman–Crippen LogP) is 1.82. The van der Waals surface area contributed by atoms with E-state index in [4.69, 9.17) is 28.6 Å². The average Bonchev–Trinajstić information content (AvgIpc) is 2.92. The normalized spacial score (nSPS) is 17.5. The summed E-state index contributed by atoms with van der Waals surface area (Å²) in [5.41, 5.74) is 7.25. The SMILES string of the molecule is N=C1C(Cl)=CC(=C2c3c4ccccc4[n+]([O-])n3CCN2CC[NH3+])C=C1Cl. The van der Waals surface area contributed by atoms with Gasteiger partial charge in [0.2, 0.25) is 0 Å². The van der Waals surface area contributed by atoms with E-state index in [-0.39, 0.29) is 15.8 Å². The third-order valence-electron chi connectivity index (χ3n) is 4.71. The second kappa shape index (κ2) is 6.46. The first-order valence-electron chi connectivity index (χ1n) is 8.36. The summed E-state index contributed by atoms with van der Waals surface area (Å²) in [5, 5.41) is 22.1. The van der Waals surface area contributed by atoms with Gasteiger partial charge in [-0.25, -0.2) is 0 Å². The smallest absolute Gasteiger partial charge is 0.252 e. The molecule has 134 valence electrons. The van der Waals surface area contributed by atoms with Crippen molar-refractivity contribution in [2.75, 3.05) is 19.6 Å². The molecule has 1 aromatic carbocycles. The van der Waals surface area contributed by atoms with Crippen molar-refractivity contribution < 1.29 is 10.6 Å². The molecule has 2 aromatic rings. The Hall–Kier alpha value is -2.28. The summed E-state index contributed by atoms with van der Waals surface area (Å²) < 4.78 is 1.75. The second-order valence-electron chi connectivity index (χ2n) is 6.27. The van der Waals surface area contributed by atoms with Gasteiger partial charge in [-0.3, -0.25) is 5.41 Å². The van der Waals surface area contributed by atoms with Crippen molar-refractivity contribution in [2.45, 2.75) is 6.54 Å². The van der Waals surface area contributed by atoms with Crippen LogP contribution in [0.25, 0.3) is 16.6 Å². The Morgan fingerprint density at radius 3 is 2.54 bits per heavy atom. The zero-order valence-corrected chi connectivity index (χ0v) is 15.5. The number of para-hydroxylation sites is 1. The lowest BCUT2D eigenvalue weighted by Gasteiger charge is -2.32. The summed E-state index contributed by atoms with van der Waals surface area (Å²) in [6.07, 6.45) is 3.49. The van der Waals surface area contributed by atoms with E-state index in [0.717, 1.165) is 40.3 Å². The van der Waals surface area contributed by atoms with Gasteiger partial charge in [-0.2, -0.15) is 0 Å². The fourth-order valence-electron chi connectivity index (χ4n) is 3.57. The number of fused-ring (bicyclic) bond motifs is 3. The average molecular weight is 391 g/mol. The molecule has 0 bridgehead atoms. The minimum absolute atomic E-state index is 0.108. The molecule has 0 radical (unpaired) electrons. The summed E-state index contributed by atoms with van der Waals surface area (Å²) in [5.74, 6) is 0. The quantitative estimate of drug-likeness (QED) is 0.605. The number of hydrogen-bond donors (Lipinski definition) is 2. The third-order valence-corrected chi connectivity index (χ3v) is 5.30. The molecule has 0 saturated carbocycles. The van der Waals surface area contributed by atoms with Crippen LogP contribution in [0.1, 0.15) is 5.69 Å². The van der Waals surface area contributed by atoms with Crippen LogP contribution in [-0.2, 0) is 6.54 Å². The highest BCUT2D eigenvalue weighted by Crippen LogP contribution is 2.36. The van der Waals surface area contributed by atoms with Crippen molar-refractivity contribution in [3.63, 3.8) is 0 Å². The van der Waals surface area contributed by atoms with Crippen molar-refractivity contribution >= 4 is 45.5 Å². The number of allylic oxidation sites excluding steroid dienone is 5. The Kier molecular flexibility index (Phi) is 4.26. The summed E-state index contributed by atoms with van der Waals surface area (Å²) >= 11 is 12.4. The molecule has 2 heterocycles. The molecular weight excluding hydrogens is 373 g/mol. The van der Waals surface area contributed by atoms with Gasteiger partial charge in [-0.15, -0.1) is 4.68 Å². The summed E-state index contributed by atoms with van der Waals surface area (Å²) in [6, 6.07) is 7.56. The van der Waals surface area contributed by atoms with E-state index >= 15 is 0 Å². The van der Waals surface area contributed by atoms with E-state index in [0.29, 0.717) is 18.6 Å². The number of quaternary nitrogens is 1. The molecule has 8 heteroatoms. The van der Waals surface area contributed by atoms with Gasteiger partial charge in [-0.1, -0.05) is 40.2 Å². The number of nitrogens with one attached hydrogen (secondary N) is 1. The van der Waals surface area contributed by atoms with Crippen molar-refractivity contribution in [1.82, 2.24) is 9.58 Å². The third kappa shape index (κ3) is 2.53. The molecule has 0 unspecified atom stereocenters. The minimum atomic E-state index is 0.108. The van der Waals surface area contributed by atoms with Crippen LogP contribution in [0.3, 0.4) is 0 Å². The number of benzene rings is 1. The van der Waals surface area contributed by atoms with Crippen LogP contribution in [0.2, 0.25) is 0 Å². The van der Waals surface area contributed by atoms with Gasteiger partial charge in [0, 0.05) is 18.2 Å². The molecular formula is C18H18Cl2N5O+. The Morgan fingerprint density at radius 1 is 1.15 bits per heavy atom. The van der Waals surface area contributed by atoms with E-state index in [1.807, 2.05) is 24.3 Å². The first-order valence-corrected chi connectivity index (χ1v) is 9.12. The van der Waals surface area contributed by atoms with E-state index < -0.39 is 0 Å². The maximum absolute atomic E-state index is 12.8. The number of rotatable bonds is 2. The van der Waals surface area contributed by atoms with Gasteiger partial charge in [0.05, 0.1) is 46.5 Å². The molecule has 0 spiro atoms. The van der Waals surface area contributed by atoms with E-state index in [2.05, 4.69) is 10.6 Å². The van der Waals surface area contributed by atoms with Crippen LogP contribution in [-0.4, -0.2) is 34.9 Å². The lowest BCUT2D eigenvalue weighted by Crippen LogP contribution is -2.56. The predicted molar refractivity (Wildman–Crippen MR) is 103 cm³/mol. The topological polar surface area (TPSA) is 86.6 Å². The van der Waals surface area contributed by atoms with Gasteiger partial charge >= 0.3 is 0 Å². The molecule has 0 saturated heterocycles. The lowest BCUT2D eigenvalue weighted by molar-refractivity contribution is -0.671. The molecule has 6 nitrogen and oxygen atoms in total. The highest BCUT2D eigenvalue weighted by molar-refractivity contribution is 6.56. The fraction of sp³-hybridized carbons (Fsp3) is 0.222. The van der Waals surface area contributed by atoms with Crippen LogP contribution in [0, 0.1) is 10.6 Å². The number of aromatic nitrogens is 2. The van der Waals surface area contributed by atoms with Crippen molar-refractivity contribution in [2.24, 2.45) is 0 Å². The summed E-state index contributed by atoms with van der Waals surface area (Å²) in [4.78, 5) is 3.16. The molecule has 1 aromatic heterocycles. The van der Waals surface area contributed by atoms with Crippen LogP contribution < -0.4 is 10.6 Å². The highest BCUT2D eigenvalue weighted by atomic mass is 35.5. The van der Waals surface area contributed by atoms with Crippen LogP contribution in [0.4, 0.5) is 0 Å². The molecule has 2 aliphatic rings. The number of halogens is 2. The lowest BCUT2D eigenvalue weighted by atomic mass is 10.00. The molecule has 1 aliphatic heterocycles. The fourth-order valence-corrected chi connectivity index (χ4v) is 4.06. The highest BCUT2D eigenvalue weighted by Gasteiger charge is 2.33. The van der Waals surface area contributed by atoms with Crippen molar-refractivity contribution in [3.05, 3.63) is 63.0 Å². The van der Waals surface area contributed by atoms with Gasteiger partial charge < -0.3 is 15.8 Å². The standard InChI is InChI=1S/C18H17Cl2N5O/c19-13-9-11(10-14(20)16(13)22)17-18-12-3-1-2-4-15(12)25(26)24(18)8-7-23(17)6-5-21/h1-4,9-10,22H,5-8,21H2/p+1. The molecule has 0 amide bonds. The molecule has 26 heavy (non-hydrogen) atoms. The molecule has 0 atom stereocenters. The summed E-state index contributed by atoms with van der Waals surface area (Å²) in [7, 11) is 0. The minimum Gasteiger partial charge on any atom is -0.595 e.